The average molecular weight is 257 g/mol. The molecule has 1 heterocycles. The van der Waals surface area contributed by atoms with E-state index in [2.05, 4.69) is 9.53 Å². The Labute approximate surface area is 101 Å². The first-order valence-electron chi connectivity index (χ1n) is 4.54. The summed E-state index contributed by atoms with van der Waals surface area (Å²) < 4.78 is 3.86. The van der Waals surface area contributed by atoms with E-state index in [1.807, 2.05) is 0 Å². The number of carbonyl (C=O) groups is 2. The van der Waals surface area contributed by atoms with Gasteiger partial charge in [0, 0.05) is 6.07 Å². The largest absolute Gasteiger partial charge is 0.478 e. The fourth-order valence-corrected chi connectivity index (χ4v) is 1.26. The van der Waals surface area contributed by atoms with Gasteiger partial charge in [0.15, 0.2) is 12.0 Å². The summed E-state index contributed by atoms with van der Waals surface area (Å²) in [6.45, 7) is 2.63. The normalized spacial score (nSPS) is 12.2. The molecule has 0 radical (unpaired) electrons. The van der Waals surface area contributed by atoms with Crippen molar-refractivity contribution in [1.29, 1.82) is 0 Å². The number of nitrogen functional groups attached to an aromatic ring is 1. The van der Waals surface area contributed by atoms with E-state index in [0.29, 0.717) is 11.3 Å². The van der Waals surface area contributed by atoms with Crippen LogP contribution in [0.4, 0.5) is 5.00 Å². The molecule has 0 aromatic carbocycles. The summed E-state index contributed by atoms with van der Waals surface area (Å²) in [5.74, 6) is -1.19. The molecular weight excluding hydrogens is 246 g/mol. The van der Waals surface area contributed by atoms with Crippen molar-refractivity contribution in [3.8, 4) is 0 Å². The number of oxime groups is 1. The molecule has 7 nitrogen and oxygen atoms in total. The molecule has 0 aliphatic heterocycles. The van der Waals surface area contributed by atoms with E-state index in [0.717, 1.165) is 11.5 Å². The summed E-state index contributed by atoms with van der Waals surface area (Å²) in [5.41, 5.74) is 4.08. The fraction of sp³-hybridized carbons (Fsp3) is 0.333. The summed E-state index contributed by atoms with van der Waals surface area (Å²) in [4.78, 5) is 26.3. The lowest BCUT2D eigenvalue weighted by Gasteiger charge is -2.16. The molecule has 92 valence electrons. The van der Waals surface area contributed by atoms with Crippen LogP contribution in [0.25, 0.3) is 0 Å². The van der Waals surface area contributed by atoms with Crippen LogP contribution >= 0.6 is 11.5 Å². The molecule has 1 rings (SSSR count). The number of carbonyl (C=O) groups excluding carboxylic acids is 1. The molecular formula is C9H11N3O4S. The van der Waals surface area contributed by atoms with E-state index < -0.39 is 11.6 Å². The number of aldehydes is 1. The zero-order valence-corrected chi connectivity index (χ0v) is 10.0. The van der Waals surface area contributed by atoms with Crippen LogP contribution in [0.3, 0.4) is 0 Å². The summed E-state index contributed by atoms with van der Waals surface area (Å²) >= 11 is 1.00. The highest BCUT2D eigenvalue weighted by Crippen LogP contribution is 2.14. The number of anilines is 1. The quantitative estimate of drug-likeness (QED) is 0.451. The van der Waals surface area contributed by atoms with Crippen LogP contribution in [0.5, 0.6) is 0 Å². The number of rotatable bonds is 5. The first kappa shape index (κ1) is 13.1. The minimum Gasteiger partial charge on any atom is -0.478 e. The molecule has 0 atom stereocenters. The molecule has 0 saturated carbocycles. The van der Waals surface area contributed by atoms with Crippen LogP contribution in [-0.2, 0) is 14.4 Å². The van der Waals surface area contributed by atoms with Gasteiger partial charge in [-0.2, -0.15) is 4.37 Å². The number of nitrogens with zero attached hydrogens (tertiary/aromatic N) is 2. The van der Waals surface area contributed by atoms with Crippen molar-refractivity contribution in [1.82, 2.24) is 4.37 Å². The Morgan fingerprint density at radius 3 is 2.76 bits per heavy atom. The lowest BCUT2D eigenvalue weighted by Crippen LogP contribution is -2.33. The number of aliphatic carboxylic acids is 1. The third kappa shape index (κ3) is 3.25. The number of carboxylic acid groups (broad SMARTS) is 1. The third-order valence-electron chi connectivity index (χ3n) is 1.79. The molecule has 1 aromatic heterocycles. The Morgan fingerprint density at radius 1 is 1.71 bits per heavy atom. The van der Waals surface area contributed by atoms with E-state index in [1.54, 1.807) is 0 Å². The maximum atomic E-state index is 10.8. The van der Waals surface area contributed by atoms with Gasteiger partial charge in [0.25, 0.3) is 0 Å². The van der Waals surface area contributed by atoms with E-state index in [9.17, 15) is 9.59 Å². The van der Waals surface area contributed by atoms with E-state index in [1.165, 1.54) is 19.9 Å². The van der Waals surface area contributed by atoms with Crippen molar-refractivity contribution in [3.05, 3.63) is 11.8 Å². The van der Waals surface area contributed by atoms with Crippen molar-refractivity contribution in [2.45, 2.75) is 19.4 Å². The van der Waals surface area contributed by atoms with Crippen LogP contribution in [0.1, 0.15) is 19.5 Å². The highest BCUT2D eigenvalue weighted by atomic mass is 32.1. The monoisotopic (exact) mass is 257 g/mol. The Kier molecular flexibility index (Phi) is 3.79. The van der Waals surface area contributed by atoms with Gasteiger partial charge in [-0.15, -0.1) is 0 Å². The number of aromatic nitrogens is 1. The molecule has 8 heteroatoms. The van der Waals surface area contributed by atoms with Crippen LogP contribution < -0.4 is 5.73 Å². The lowest BCUT2D eigenvalue weighted by atomic mass is 10.1. The van der Waals surface area contributed by atoms with E-state index >= 15 is 0 Å². The second kappa shape index (κ2) is 4.91. The van der Waals surface area contributed by atoms with Crippen LogP contribution in [0, 0.1) is 0 Å². The van der Waals surface area contributed by atoms with Gasteiger partial charge in [-0.3, -0.25) is 4.79 Å². The molecule has 0 bridgehead atoms. The average Bonchev–Trinajstić information content (AvgIpc) is 2.65. The van der Waals surface area contributed by atoms with E-state index in [4.69, 9.17) is 15.7 Å². The maximum Gasteiger partial charge on any atom is 0.350 e. The maximum absolute atomic E-state index is 10.8. The van der Waals surface area contributed by atoms with Gasteiger partial charge < -0.3 is 15.7 Å². The minimum absolute atomic E-state index is 0.104. The predicted octanol–water partition coefficient (Wildman–Crippen LogP) is 0.508. The van der Waals surface area contributed by atoms with Gasteiger partial charge in [0.05, 0.1) is 0 Å². The number of hydrogen-bond donors (Lipinski definition) is 2. The van der Waals surface area contributed by atoms with Gasteiger partial charge in [0.2, 0.25) is 5.60 Å². The molecule has 0 fully saturated rings. The number of carboxylic acids is 1. The molecule has 1 aromatic rings. The molecule has 0 aliphatic carbocycles. The Bertz CT molecular complexity index is 467. The van der Waals surface area contributed by atoms with Crippen LogP contribution in [-0.4, -0.2) is 33.0 Å². The Morgan fingerprint density at radius 2 is 2.35 bits per heavy atom. The zero-order chi connectivity index (χ0) is 13.1. The van der Waals surface area contributed by atoms with Crippen LogP contribution in [0.2, 0.25) is 0 Å². The first-order chi connectivity index (χ1) is 7.86. The lowest BCUT2D eigenvalue weighted by molar-refractivity contribution is -0.161. The zero-order valence-electron chi connectivity index (χ0n) is 9.21. The second-order valence-electron chi connectivity index (χ2n) is 3.62. The highest BCUT2D eigenvalue weighted by Gasteiger charge is 2.30. The van der Waals surface area contributed by atoms with Crippen molar-refractivity contribution in [3.63, 3.8) is 0 Å². The third-order valence-corrected chi connectivity index (χ3v) is 2.41. The highest BCUT2D eigenvalue weighted by molar-refractivity contribution is 7.10. The molecule has 0 saturated heterocycles. The molecule has 0 unspecified atom stereocenters. The van der Waals surface area contributed by atoms with Crippen molar-refractivity contribution in [2.75, 3.05) is 5.73 Å². The Hall–Kier alpha value is -1.96. The summed E-state index contributed by atoms with van der Waals surface area (Å²) in [5, 5.41) is 12.7. The van der Waals surface area contributed by atoms with Gasteiger partial charge in [-0.25, -0.2) is 4.79 Å². The van der Waals surface area contributed by atoms with Gasteiger partial charge in [0.1, 0.15) is 10.7 Å². The smallest absolute Gasteiger partial charge is 0.350 e. The number of nitrogens with two attached hydrogens (primary N) is 1. The van der Waals surface area contributed by atoms with Gasteiger partial charge in [-0.1, -0.05) is 5.16 Å². The van der Waals surface area contributed by atoms with Crippen molar-refractivity contribution < 1.29 is 19.5 Å². The first-order valence-corrected chi connectivity index (χ1v) is 5.31. The standard InChI is InChI=1S/C9H11N3O4S/c1-9(2,8(14)15)16-11-6(4-13)5-3-7(10)17-12-5/h3-4H,10H2,1-2H3,(H,14,15)/b11-6+. The van der Waals surface area contributed by atoms with E-state index in [-0.39, 0.29) is 11.4 Å². The van der Waals surface area contributed by atoms with Crippen molar-refractivity contribution in [2.24, 2.45) is 5.16 Å². The molecule has 0 amide bonds. The van der Waals surface area contributed by atoms with Gasteiger partial charge in [-0.05, 0) is 25.4 Å². The van der Waals surface area contributed by atoms with Crippen molar-refractivity contribution >= 4 is 34.5 Å². The predicted molar refractivity (Wildman–Crippen MR) is 61.9 cm³/mol. The Balaban J connectivity index is 2.89. The topological polar surface area (TPSA) is 115 Å². The SMILES string of the molecule is CC(C)(O/N=C(\C=O)c1cc(N)sn1)C(=O)O. The summed E-state index contributed by atoms with van der Waals surface area (Å²) in [7, 11) is 0. The van der Waals surface area contributed by atoms with Gasteiger partial charge >= 0.3 is 5.97 Å². The minimum atomic E-state index is -1.52. The molecule has 0 spiro atoms. The number of hydrogen-bond acceptors (Lipinski definition) is 7. The summed E-state index contributed by atoms with van der Waals surface area (Å²) in [6.07, 6.45) is 0.423. The van der Waals surface area contributed by atoms with Crippen LogP contribution in [0.15, 0.2) is 11.2 Å². The molecule has 3 N–H and O–H groups in total. The molecule has 0 aliphatic rings. The summed E-state index contributed by atoms with van der Waals surface area (Å²) in [6, 6.07) is 1.45. The fourth-order valence-electron chi connectivity index (χ4n) is 0.741. The molecule has 17 heavy (non-hydrogen) atoms. The second-order valence-corrected chi connectivity index (χ2v) is 4.45.